The molecule has 0 aromatic carbocycles. The van der Waals surface area contributed by atoms with Crippen molar-refractivity contribution in [1.29, 1.82) is 0 Å². The molecule has 0 rings (SSSR count). The van der Waals surface area contributed by atoms with Gasteiger partial charge in [0.25, 0.3) is 0 Å². The Balaban J connectivity index is 4.52. The molecular weight excluding hydrogens is 666 g/mol. The molecule has 0 saturated heterocycles. The van der Waals surface area contributed by atoms with Crippen molar-refractivity contribution in [2.24, 2.45) is 0 Å². The van der Waals surface area contributed by atoms with E-state index in [1.165, 1.54) is 25.7 Å². The van der Waals surface area contributed by atoms with Crippen molar-refractivity contribution < 1.29 is 38.2 Å². The van der Waals surface area contributed by atoms with Gasteiger partial charge in [-0.15, -0.1) is 0 Å². The van der Waals surface area contributed by atoms with Crippen LogP contribution in [0.1, 0.15) is 142 Å². The van der Waals surface area contributed by atoms with Crippen LogP contribution in [0.5, 0.6) is 0 Å². The van der Waals surface area contributed by atoms with Crippen molar-refractivity contribution in [2.75, 3.05) is 41.0 Å². The van der Waals surface area contributed by atoms with Gasteiger partial charge in [-0.2, -0.15) is 0 Å². The standard InChI is InChI=1S/C45H75NO7/c1-6-8-10-12-14-16-18-20-21-22-23-24-26-28-30-32-34-36-44(48)53-41(39-51-38-37-42(45(49)50)46(3,4)5)40-52-43(47)35-33-31-29-27-25-19-17-15-13-11-9-7-2/h9,11,14-17,20-21,23-24,28,30,41-42H,6-8,10,12-13,18-19,22,25-27,29,31-40H2,1-5H3/p+1/b11-9+,16-14+,17-15+,21-20+,24-23+,30-28+. The highest BCUT2D eigenvalue weighted by Gasteiger charge is 2.31. The number of esters is 2. The molecule has 0 amide bonds. The first-order valence-corrected chi connectivity index (χ1v) is 20.5. The van der Waals surface area contributed by atoms with Crippen molar-refractivity contribution in [2.45, 2.75) is 154 Å². The third-order valence-corrected chi connectivity index (χ3v) is 8.59. The quantitative estimate of drug-likeness (QED) is 0.0299. The van der Waals surface area contributed by atoms with E-state index in [0.29, 0.717) is 19.3 Å². The summed E-state index contributed by atoms with van der Waals surface area (Å²) in [6.07, 6.45) is 43.8. The average molecular weight is 743 g/mol. The number of quaternary nitrogens is 1. The van der Waals surface area contributed by atoms with Crippen molar-refractivity contribution in [3.8, 4) is 0 Å². The highest BCUT2D eigenvalue weighted by Crippen LogP contribution is 2.12. The van der Waals surface area contributed by atoms with Gasteiger partial charge in [-0.1, -0.05) is 119 Å². The first kappa shape index (κ1) is 49.8. The fourth-order valence-corrected chi connectivity index (χ4v) is 5.41. The minimum absolute atomic E-state index is 0.0308. The molecule has 1 N–H and O–H groups in total. The summed E-state index contributed by atoms with van der Waals surface area (Å²) in [5.74, 6) is -1.57. The minimum Gasteiger partial charge on any atom is -0.477 e. The molecule has 53 heavy (non-hydrogen) atoms. The molecule has 0 radical (unpaired) electrons. The number of nitrogens with zero attached hydrogens (tertiary/aromatic N) is 1. The van der Waals surface area contributed by atoms with Gasteiger partial charge in [-0.3, -0.25) is 9.59 Å². The molecule has 0 fully saturated rings. The fraction of sp³-hybridized carbons (Fsp3) is 0.667. The van der Waals surface area contributed by atoms with Crippen LogP contribution in [0.25, 0.3) is 0 Å². The van der Waals surface area contributed by atoms with E-state index < -0.39 is 18.1 Å². The van der Waals surface area contributed by atoms with Gasteiger partial charge in [0.05, 0.1) is 34.4 Å². The van der Waals surface area contributed by atoms with E-state index in [1.54, 1.807) is 0 Å². The van der Waals surface area contributed by atoms with Crippen LogP contribution >= 0.6 is 0 Å². The van der Waals surface area contributed by atoms with E-state index >= 15 is 0 Å². The molecular formula is C45H76NO7+. The molecule has 0 aliphatic heterocycles. The number of rotatable bonds is 35. The number of carbonyl (C=O) groups is 3. The zero-order chi connectivity index (χ0) is 39.3. The van der Waals surface area contributed by atoms with Crippen molar-refractivity contribution in [3.63, 3.8) is 0 Å². The molecule has 2 atom stereocenters. The maximum Gasteiger partial charge on any atom is 0.362 e. The smallest absolute Gasteiger partial charge is 0.362 e. The first-order chi connectivity index (χ1) is 25.6. The number of carbonyl (C=O) groups excluding carboxylic acids is 2. The summed E-state index contributed by atoms with van der Waals surface area (Å²) >= 11 is 0. The summed E-state index contributed by atoms with van der Waals surface area (Å²) in [6.45, 7) is 4.50. The van der Waals surface area contributed by atoms with E-state index in [2.05, 4.69) is 86.8 Å². The Morgan fingerprint density at radius 1 is 0.585 bits per heavy atom. The van der Waals surface area contributed by atoms with Gasteiger partial charge in [-0.25, -0.2) is 4.79 Å². The number of aliphatic carboxylic acids is 1. The first-order valence-electron chi connectivity index (χ1n) is 20.5. The van der Waals surface area contributed by atoms with E-state index in [-0.39, 0.29) is 42.7 Å². The Morgan fingerprint density at radius 3 is 1.62 bits per heavy atom. The van der Waals surface area contributed by atoms with E-state index in [9.17, 15) is 19.5 Å². The summed E-state index contributed by atoms with van der Waals surface area (Å²) in [7, 11) is 5.49. The zero-order valence-electron chi connectivity index (χ0n) is 34.2. The van der Waals surface area contributed by atoms with E-state index in [4.69, 9.17) is 14.2 Å². The molecule has 0 aliphatic carbocycles. The van der Waals surface area contributed by atoms with Crippen LogP contribution in [0.15, 0.2) is 72.9 Å². The molecule has 8 heteroatoms. The van der Waals surface area contributed by atoms with Gasteiger partial charge in [-0.05, 0) is 77.0 Å². The van der Waals surface area contributed by atoms with Crippen LogP contribution in [0, 0.1) is 0 Å². The van der Waals surface area contributed by atoms with Gasteiger partial charge in [0.15, 0.2) is 12.1 Å². The topological polar surface area (TPSA) is 99.1 Å². The zero-order valence-corrected chi connectivity index (χ0v) is 34.2. The molecule has 0 bridgehead atoms. The number of hydrogen-bond acceptors (Lipinski definition) is 6. The van der Waals surface area contributed by atoms with Gasteiger partial charge in [0, 0.05) is 19.3 Å². The molecule has 0 aromatic heterocycles. The lowest BCUT2D eigenvalue weighted by Crippen LogP contribution is -2.50. The average Bonchev–Trinajstić information content (AvgIpc) is 3.11. The third kappa shape index (κ3) is 34.3. The highest BCUT2D eigenvalue weighted by atomic mass is 16.6. The third-order valence-electron chi connectivity index (χ3n) is 8.59. The Kier molecular flexibility index (Phi) is 33.6. The number of allylic oxidation sites excluding steroid dienone is 12. The van der Waals surface area contributed by atoms with Crippen molar-refractivity contribution in [1.82, 2.24) is 0 Å². The molecule has 8 nitrogen and oxygen atoms in total. The normalized spacial score (nSPS) is 13.8. The van der Waals surface area contributed by atoms with Gasteiger partial charge in [0.2, 0.25) is 0 Å². The monoisotopic (exact) mass is 743 g/mol. The molecule has 0 aliphatic rings. The Labute approximate surface area is 323 Å². The van der Waals surface area contributed by atoms with Gasteiger partial charge in [0.1, 0.15) is 6.61 Å². The predicted octanol–water partition coefficient (Wildman–Crippen LogP) is 10.8. The molecule has 0 spiro atoms. The number of ether oxygens (including phenoxy) is 3. The van der Waals surface area contributed by atoms with Crippen LogP contribution in [-0.2, 0) is 28.6 Å². The van der Waals surface area contributed by atoms with E-state index in [0.717, 1.165) is 77.0 Å². The second kappa shape index (κ2) is 35.8. The van der Waals surface area contributed by atoms with Crippen molar-refractivity contribution >= 4 is 17.9 Å². The summed E-state index contributed by atoms with van der Waals surface area (Å²) < 4.78 is 17.1. The molecule has 302 valence electrons. The summed E-state index contributed by atoms with van der Waals surface area (Å²) in [5.41, 5.74) is 0. The maximum atomic E-state index is 12.7. The number of carboxylic acids is 1. The maximum absolute atomic E-state index is 12.7. The Hall–Kier alpha value is -3.23. The Morgan fingerprint density at radius 2 is 1.08 bits per heavy atom. The molecule has 0 heterocycles. The summed E-state index contributed by atoms with van der Waals surface area (Å²) in [4.78, 5) is 36.8. The highest BCUT2D eigenvalue weighted by molar-refractivity contribution is 5.72. The lowest BCUT2D eigenvalue weighted by atomic mass is 10.1. The SMILES string of the molecule is CC/C=C/C/C=C/CCCCCCCC(=O)OCC(COCCC(C(=O)O)[N+](C)(C)C)OC(=O)CCC/C=C/C/C=C/C/C=C/C/C=C/CCCCC. The number of hydrogen-bond donors (Lipinski definition) is 1. The van der Waals surface area contributed by atoms with Gasteiger partial charge < -0.3 is 23.8 Å². The number of likely N-dealkylation sites (N-methyl/N-ethyl adjacent to an activating group) is 1. The van der Waals surface area contributed by atoms with Crippen molar-refractivity contribution in [3.05, 3.63) is 72.9 Å². The minimum atomic E-state index is -0.889. The second-order valence-corrected chi connectivity index (χ2v) is 14.5. The van der Waals surface area contributed by atoms with Crippen LogP contribution in [0.4, 0.5) is 0 Å². The van der Waals surface area contributed by atoms with Crippen LogP contribution in [-0.4, -0.2) is 80.6 Å². The molecule has 0 aromatic rings. The predicted molar refractivity (Wildman–Crippen MR) is 220 cm³/mol. The van der Waals surface area contributed by atoms with Crippen LogP contribution in [0.2, 0.25) is 0 Å². The van der Waals surface area contributed by atoms with Crippen LogP contribution in [0.3, 0.4) is 0 Å². The lowest BCUT2D eigenvalue weighted by molar-refractivity contribution is -0.887. The summed E-state index contributed by atoms with van der Waals surface area (Å²) in [5, 5.41) is 9.59. The van der Waals surface area contributed by atoms with Gasteiger partial charge >= 0.3 is 17.9 Å². The largest absolute Gasteiger partial charge is 0.477 e. The fourth-order valence-electron chi connectivity index (χ4n) is 5.41. The molecule has 0 saturated carbocycles. The number of carboxylic acid groups (broad SMARTS) is 1. The second-order valence-electron chi connectivity index (χ2n) is 14.5. The lowest BCUT2D eigenvalue weighted by Gasteiger charge is -2.31. The Bertz CT molecular complexity index is 1100. The number of unbranched alkanes of at least 4 members (excludes halogenated alkanes) is 9. The van der Waals surface area contributed by atoms with E-state index in [1.807, 2.05) is 21.1 Å². The van der Waals surface area contributed by atoms with Crippen LogP contribution < -0.4 is 0 Å². The molecule has 2 unspecified atom stereocenters. The summed E-state index contributed by atoms with van der Waals surface area (Å²) in [6, 6.07) is -0.629.